The molecule has 1 saturated heterocycles. The van der Waals surface area contributed by atoms with Crippen molar-refractivity contribution in [2.75, 3.05) is 50.8 Å². The van der Waals surface area contributed by atoms with Crippen molar-refractivity contribution in [1.29, 1.82) is 0 Å². The molecule has 0 amide bonds. The molecule has 0 unspecified atom stereocenters. The van der Waals surface area contributed by atoms with Gasteiger partial charge in [-0.25, -0.2) is 0 Å². The van der Waals surface area contributed by atoms with Crippen molar-refractivity contribution < 1.29 is 9.53 Å². The number of benzene rings is 1. The summed E-state index contributed by atoms with van der Waals surface area (Å²) in [6.45, 7) is 7.52. The van der Waals surface area contributed by atoms with E-state index in [0.717, 1.165) is 57.2 Å². The van der Waals surface area contributed by atoms with Crippen molar-refractivity contribution in [3.8, 4) is 0 Å². The Morgan fingerprint density at radius 2 is 1.88 bits per heavy atom. The van der Waals surface area contributed by atoms with Gasteiger partial charge in [0.05, 0.1) is 22.3 Å². The van der Waals surface area contributed by atoms with Gasteiger partial charge in [-0.15, -0.1) is 0 Å². The minimum atomic E-state index is -0.281. The molecule has 2 aliphatic rings. The highest BCUT2D eigenvalue weighted by Crippen LogP contribution is 2.33. The lowest BCUT2D eigenvalue weighted by molar-refractivity contribution is -0.141. The summed E-state index contributed by atoms with van der Waals surface area (Å²) in [4.78, 5) is 16.3. The van der Waals surface area contributed by atoms with Crippen LogP contribution in [0.25, 0.3) is 0 Å². The molecule has 1 saturated carbocycles. The molecule has 1 aromatic carbocycles. The summed E-state index contributed by atoms with van der Waals surface area (Å²) in [5.74, 6) is 0.492. The molecule has 2 fully saturated rings. The van der Waals surface area contributed by atoms with Gasteiger partial charge in [0, 0.05) is 32.2 Å². The highest BCUT2D eigenvalue weighted by Gasteiger charge is 2.24. The largest absolute Gasteiger partial charge is 0.465 e. The van der Waals surface area contributed by atoms with Gasteiger partial charge in [-0.05, 0) is 75.8 Å². The van der Waals surface area contributed by atoms with Crippen molar-refractivity contribution in [2.24, 2.45) is 5.92 Å². The zero-order valence-electron chi connectivity index (χ0n) is 18.7. The van der Waals surface area contributed by atoms with Crippen molar-refractivity contribution in [2.45, 2.75) is 45.1 Å². The average Bonchev–Trinajstić information content (AvgIpc) is 2.80. The van der Waals surface area contributed by atoms with Crippen LogP contribution in [0.15, 0.2) is 18.2 Å². The number of hydrogen-bond donors (Lipinski definition) is 2. The first-order chi connectivity index (χ1) is 15.5. The van der Waals surface area contributed by atoms with E-state index in [2.05, 4.69) is 20.4 Å². The smallest absolute Gasteiger partial charge is 0.325 e. The third kappa shape index (κ3) is 7.65. The normalized spacial score (nSPS) is 21.8. The van der Waals surface area contributed by atoms with Gasteiger partial charge in [0.25, 0.3) is 0 Å². The summed E-state index contributed by atoms with van der Waals surface area (Å²) in [5.41, 5.74) is 1.04. The summed E-state index contributed by atoms with van der Waals surface area (Å²) < 4.78 is 4.90. The van der Waals surface area contributed by atoms with Crippen molar-refractivity contribution in [3.63, 3.8) is 0 Å². The van der Waals surface area contributed by atoms with Gasteiger partial charge in [0.1, 0.15) is 6.54 Å². The molecule has 0 atom stereocenters. The molecule has 0 spiro atoms. The minimum Gasteiger partial charge on any atom is -0.465 e. The van der Waals surface area contributed by atoms with E-state index >= 15 is 0 Å². The Kier molecular flexibility index (Phi) is 10.2. The van der Waals surface area contributed by atoms with E-state index in [1.165, 1.54) is 19.3 Å². The van der Waals surface area contributed by atoms with Gasteiger partial charge in [-0.1, -0.05) is 29.3 Å². The Balaban J connectivity index is 1.30. The lowest BCUT2D eigenvalue weighted by atomic mass is 9.84. The molecule has 2 N–H and O–H groups in total. The number of nitrogens with zero attached hydrogens (tertiary/aromatic N) is 2. The monoisotopic (exact) mass is 500 g/mol. The van der Waals surface area contributed by atoms with Crippen LogP contribution in [0, 0.1) is 5.92 Å². The maximum atomic E-state index is 11.4. The fraction of sp³-hybridized carbons (Fsp3) is 0.652. The Labute approximate surface area is 206 Å². The lowest BCUT2D eigenvalue weighted by Gasteiger charge is -2.37. The Morgan fingerprint density at radius 1 is 1.16 bits per heavy atom. The number of piperazine rings is 1. The van der Waals surface area contributed by atoms with Crippen LogP contribution in [-0.4, -0.2) is 67.9 Å². The first-order valence-electron chi connectivity index (χ1n) is 11.6. The molecule has 3 rings (SSSR count). The Bertz CT molecular complexity index is 766. The van der Waals surface area contributed by atoms with Gasteiger partial charge < -0.3 is 20.3 Å². The van der Waals surface area contributed by atoms with Crippen LogP contribution in [0.4, 0.5) is 5.69 Å². The maximum absolute atomic E-state index is 11.4. The van der Waals surface area contributed by atoms with Crippen LogP contribution in [0.1, 0.15) is 39.0 Å². The fourth-order valence-electron chi connectivity index (χ4n) is 4.51. The molecule has 6 nitrogen and oxygen atoms in total. The molecule has 9 heteroatoms. The van der Waals surface area contributed by atoms with E-state index in [9.17, 15) is 4.79 Å². The number of anilines is 1. The molecule has 178 valence electrons. The van der Waals surface area contributed by atoms with Crippen LogP contribution in [0.5, 0.6) is 0 Å². The van der Waals surface area contributed by atoms with Gasteiger partial charge in [-0.3, -0.25) is 9.69 Å². The first kappa shape index (κ1) is 25.3. The number of nitrogens with one attached hydrogen (secondary N) is 2. The van der Waals surface area contributed by atoms with Crippen LogP contribution in [0.2, 0.25) is 10.0 Å². The van der Waals surface area contributed by atoms with Gasteiger partial charge in [0.2, 0.25) is 0 Å². The highest BCUT2D eigenvalue weighted by atomic mass is 35.5. The Hall–Kier alpha value is -1.28. The molecule has 0 bridgehead atoms. The summed E-state index contributed by atoms with van der Waals surface area (Å²) in [5, 5.41) is 8.10. The molecule has 1 aliphatic heterocycles. The number of ether oxygens (including phenoxy) is 1. The second-order valence-electron chi connectivity index (χ2n) is 8.54. The van der Waals surface area contributed by atoms with Crippen molar-refractivity contribution >= 4 is 52.2 Å². The topological polar surface area (TPSA) is 56.8 Å². The van der Waals surface area contributed by atoms with Gasteiger partial charge in [0.15, 0.2) is 5.11 Å². The molecule has 0 radical (unpaired) electrons. The molecule has 32 heavy (non-hydrogen) atoms. The quantitative estimate of drug-likeness (QED) is 0.411. The second-order valence-corrected chi connectivity index (χ2v) is 9.73. The van der Waals surface area contributed by atoms with E-state index in [1.807, 2.05) is 18.2 Å². The summed E-state index contributed by atoms with van der Waals surface area (Å²) in [6.07, 6.45) is 5.92. The number of esters is 1. The van der Waals surface area contributed by atoms with Crippen LogP contribution >= 0.6 is 35.4 Å². The minimum absolute atomic E-state index is 0.117. The SMILES string of the molecule is CCOC(=O)CNC(=S)N[C@H]1CC[C@H](CCN2CCN(c3cccc(Cl)c3Cl)CC2)CC1. The third-order valence-electron chi connectivity index (χ3n) is 6.38. The van der Waals surface area contributed by atoms with Gasteiger partial charge >= 0.3 is 5.97 Å². The second kappa shape index (κ2) is 12.8. The number of halogens is 2. The highest BCUT2D eigenvalue weighted by molar-refractivity contribution is 7.80. The molecule has 1 heterocycles. The third-order valence-corrected chi connectivity index (χ3v) is 7.45. The number of rotatable bonds is 8. The first-order valence-corrected chi connectivity index (χ1v) is 12.7. The summed E-state index contributed by atoms with van der Waals surface area (Å²) in [7, 11) is 0. The van der Waals surface area contributed by atoms with Crippen LogP contribution < -0.4 is 15.5 Å². The average molecular weight is 502 g/mol. The van der Waals surface area contributed by atoms with Gasteiger partial charge in [-0.2, -0.15) is 0 Å². The zero-order chi connectivity index (χ0) is 22.9. The fourth-order valence-corrected chi connectivity index (χ4v) is 5.16. The number of carbonyl (C=O) groups is 1. The van der Waals surface area contributed by atoms with E-state index in [-0.39, 0.29) is 12.5 Å². The van der Waals surface area contributed by atoms with Crippen LogP contribution in [0.3, 0.4) is 0 Å². The van der Waals surface area contributed by atoms with Crippen molar-refractivity contribution in [3.05, 3.63) is 28.2 Å². The summed E-state index contributed by atoms with van der Waals surface area (Å²) in [6, 6.07) is 6.24. The molecule has 0 aromatic heterocycles. The van der Waals surface area contributed by atoms with Crippen molar-refractivity contribution in [1.82, 2.24) is 15.5 Å². The molecule has 1 aromatic rings. The van der Waals surface area contributed by atoms with E-state index < -0.39 is 0 Å². The zero-order valence-corrected chi connectivity index (χ0v) is 21.1. The molecular formula is C23H34Cl2N4O2S. The standard InChI is InChI=1S/C23H34Cl2N4O2S/c1-2-31-21(30)16-26-23(32)27-18-8-6-17(7-9-18)10-11-28-12-14-29(15-13-28)20-5-3-4-19(24)22(20)25/h3-5,17-18H,2,6-16H2,1H3,(H2,26,27,32)/t17-,18-. The maximum Gasteiger partial charge on any atom is 0.325 e. The lowest BCUT2D eigenvalue weighted by Crippen LogP contribution is -2.47. The predicted molar refractivity (Wildman–Crippen MR) is 136 cm³/mol. The number of thiocarbonyl (C=S) groups is 1. The van der Waals surface area contributed by atoms with E-state index in [0.29, 0.717) is 27.8 Å². The number of hydrogen-bond acceptors (Lipinski definition) is 5. The van der Waals surface area contributed by atoms with Crippen LogP contribution in [-0.2, 0) is 9.53 Å². The molecular weight excluding hydrogens is 467 g/mol. The predicted octanol–water partition coefficient (Wildman–Crippen LogP) is 4.09. The molecule has 1 aliphatic carbocycles. The number of carbonyl (C=O) groups excluding carboxylic acids is 1. The van der Waals surface area contributed by atoms with E-state index in [4.69, 9.17) is 40.2 Å². The summed E-state index contributed by atoms with van der Waals surface area (Å²) >= 11 is 17.9. The Morgan fingerprint density at radius 3 is 2.56 bits per heavy atom. The van der Waals surface area contributed by atoms with E-state index in [1.54, 1.807) is 6.92 Å².